The summed E-state index contributed by atoms with van der Waals surface area (Å²) in [6, 6.07) is 21.4. The van der Waals surface area contributed by atoms with E-state index in [-0.39, 0.29) is 54.0 Å². The zero-order valence-electron chi connectivity index (χ0n) is 32.3. The Balaban J connectivity index is 1.25. The van der Waals surface area contributed by atoms with Crippen LogP contribution in [0.3, 0.4) is 0 Å². The second-order valence-electron chi connectivity index (χ2n) is 13.2. The van der Waals surface area contributed by atoms with Crippen molar-refractivity contribution < 1.29 is 28.8 Å². The summed E-state index contributed by atoms with van der Waals surface area (Å²) in [5.41, 5.74) is 3.06. The summed E-state index contributed by atoms with van der Waals surface area (Å²) in [4.78, 5) is 77.5. The molecular weight excluding hydrogens is 925 g/mol. The van der Waals surface area contributed by atoms with Gasteiger partial charge >= 0.3 is 0 Å². The van der Waals surface area contributed by atoms with Crippen molar-refractivity contribution in [3.63, 3.8) is 0 Å². The minimum Gasteiger partial charge on any atom is -0.322 e. The van der Waals surface area contributed by atoms with E-state index in [1.165, 1.54) is 48.5 Å². The molecule has 0 aromatic heterocycles. The summed E-state index contributed by atoms with van der Waals surface area (Å²) in [6.45, 7) is 2.25. The molecule has 318 valence electrons. The molecule has 2 atom stereocenters. The lowest BCUT2D eigenvalue weighted by atomic mass is 10.1. The first-order valence-electron chi connectivity index (χ1n) is 18.0. The predicted octanol–water partition coefficient (Wildman–Crippen LogP) is 11.6. The van der Waals surface area contributed by atoms with Gasteiger partial charge in [-0.05, 0) is 97.8 Å². The average Bonchev–Trinajstić information content (AvgIpc) is 3.23. The molecule has 0 spiro atoms. The fraction of sp³-hybridized carbons (Fsp3) is 0.143. The Morgan fingerprint density at radius 2 is 0.855 bits per heavy atom. The van der Waals surface area contributed by atoms with Gasteiger partial charge in [0.2, 0.25) is 12.1 Å². The van der Waals surface area contributed by atoms with Crippen LogP contribution in [0.5, 0.6) is 0 Å². The molecule has 0 radical (unpaired) electrons. The molecule has 5 aromatic rings. The molecular formula is C42H32Cl6N8O6. The number of hydrogen-bond acceptors (Lipinski definition) is 10. The number of rotatable bonds is 16. The molecule has 0 aliphatic heterocycles. The van der Waals surface area contributed by atoms with Gasteiger partial charge in [-0.15, -0.1) is 23.2 Å². The number of amides is 4. The maximum atomic E-state index is 13.3. The monoisotopic (exact) mass is 954 g/mol. The SMILES string of the molecule is CC(=O)C(N=Nc1cc(Cl)cc(C(=O)Nc2ccc(CCl)cc2)c1)C(=O)Nc1ccc(NC(=O)C(N=Nc2cc(Cl)cc(C(=O)Nc3ccc(CCl)cc3)c2)C(C)=O)c(Cl)c1Cl. The van der Waals surface area contributed by atoms with E-state index < -0.39 is 47.3 Å². The summed E-state index contributed by atoms with van der Waals surface area (Å²) in [5.74, 6) is -3.62. The number of halogens is 6. The molecule has 0 saturated carbocycles. The normalized spacial score (nSPS) is 12.1. The Hall–Kier alpha value is -5.74. The molecule has 0 aliphatic carbocycles. The van der Waals surface area contributed by atoms with E-state index in [1.807, 2.05) is 0 Å². The van der Waals surface area contributed by atoms with Gasteiger partial charge < -0.3 is 21.3 Å². The largest absolute Gasteiger partial charge is 0.322 e. The van der Waals surface area contributed by atoms with Crippen LogP contribution in [0, 0.1) is 0 Å². The standard InChI is InChI=1S/C42H32Cl6N8O6/c1-21(57)37(55-53-31-15-25(13-27(45)17-31)39(59)49-29-7-3-23(19-43)4-8-29)41(61)51-33-11-12-34(36(48)35(33)47)52-42(62)38(22(2)58)56-54-32-16-26(14-28(46)18-32)40(60)50-30-9-5-24(20-44)6-10-30/h3-18,37-38H,19-20H2,1-2H3,(H,49,59)(H,50,60)(H,51,61)(H,52,62). The highest BCUT2D eigenvalue weighted by Gasteiger charge is 2.27. The molecule has 0 bridgehead atoms. The number of carbonyl (C=O) groups excluding carboxylic acids is 6. The molecule has 0 fully saturated rings. The molecule has 4 amide bonds. The van der Waals surface area contributed by atoms with Crippen molar-refractivity contribution in [1.82, 2.24) is 0 Å². The molecule has 0 heterocycles. The second kappa shape index (κ2) is 21.9. The third-order valence-electron chi connectivity index (χ3n) is 8.46. The maximum absolute atomic E-state index is 13.3. The number of hydrogen-bond donors (Lipinski definition) is 4. The van der Waals surface area contributed by atoms with Gasteiger partial charge in [0.1, 0.15) is 0 Å². The summed E-state index contributed by atoms with van der Waals surface area (Å²) in [6.07, 6.45) is 0. The van der Waals surface area contributed by atoms with Gasteiger partial charge in [-0.2, -0.15) is 20.5 Å². The molecule has 20 heteroatoms. The van der Waals surface area contributed by atoms with Gasteiger partial charge in [0.05, 0.1) is 32.8 Å². The van der Waals surface area contributed by atoms with Crippen molar-refractivity contribution in [2.75, 3.05) is 21.3 Å². The zero-order valence-corrected chi connectivity index (χ0v) is 36.8. The van der Waals surface area contributed by atoms with Gasteiger partial charge in [-0.3, -0.25) is 28.8 Å². The van der Waals surface area contributed by atoms with Crippen LogP contribution in [-0.2, 0) is 30.9 Å². The van der Waals surface area contributed by atoms with Crippen molar-refractivity contribution >= 4 is 139 Å². The Bertz CT molecular complexity index is 2430. The van der Waals surface area contributed by atoms with Crippen molar-refractivity contribution in [3.05, 3.63) is 139 Å². The summed E-state index contributed by atoms with van der Waals surface area (Å²) in [7, 11) is 0. The van der Waals surface area contributed by atoms with Crippen LogP contribution >= 0.6 is 69.6 Å². The number of anilines is 4. The lowest BCUT2D eigenvalue weighted by Crippen LogP contribution is -2.32. The van der Waals surface area contributed by atoms with Crippen LogP contribution in [0.2, 0.25) is 20.1 Å². The van der Waals surface area contributed by atoms with Crippen LogP contribution in [0.1, 0.15) is 45.7 Å². The van der Waals surface area contributed by atoms with E-state index in [0.29, 0.717) is 23.1 Å². The van der Waals surface area contributed by atoms with Crippen LogP contribution < -0.4 is 21.3 Å². The van der Waals surface area contributed by atoms with E-state index in [9.17, 15) is 28.8 Å². The molecule has 2 unspecified atom stereocenters. The van der Waals surface area contributed by atoms with E-state index in [4.69, 9.17) is 69.6 Å². The zero-order chi connectivity index (χ0) is 45.1. The van der Waals surface area contributed by atoms with Crippen molar-refractivity contribution in [2.45, 2.75) is 37.7 Å². The molecule has 5 rings (SSSR count). The van der Waals surface area contributed by atoms with Gasteiger partial charge in [-0.1, -0.05) is 70.7 Å². The molecule has 14 nitrogen and oxygen atoms in total. The number of benzene rings is 5. The first-order valence-corrected chi connectivity index (χ1v) is 20.6. The van der Waals surface area contributed by atoms with Crippen LogP contribution in [0.15, 0.2) is 118 Å². The lowest BCUT2D eigenvalue weighted by molar-refractivity contribution is -0.127. The number of azo groups is 2. The number of Topliss-reactive ketones (excluding diaryl/α,β-unsaturated/α-hetero) is 2. The number of alkyl halides is 2. The third kappa shape index (κ3) is 12.9. The molecule has 62 heavy (non-hydrogen) atoms. The topological polar surface area (TPSA) is 200 Å². The van der Waals surface area contributed by atoms with Gasteiger partial charge in [0.15, 0.2) is 11.6 Å². The Morgan fingerprint density at radius 1 is 0.500 bits per heavy atom. The summed E-state index contributed by atoms with van der Waals surface area (Å²) >= 11 is 37.1. The molecule has 5 aromatic carbocycles. The Kier molecular flexibility index (Phi) is 16.7. The van der Waals surface area contributed by atoms with Gasteiger partial charge in [-0.25, -0.2) is 0 Å². The van der Waals surface area contributed by atoms with Crippen LogP contribution in [0.25, 0.3) is 0 Å². The highest BCUT2D eigenvalue weighted by atomic mass is 35.5. The Labute approximate surface area is 384 Å². The van der Waals surface area contributed by atoms with Crippen molar-refractivity contribution in [3.8, 4) is 0 Å². The quantitative estimate of drug-likeness (QED) is 0.0431. The van der Waals surface area contributed by atoms with Crippen molar-refractivity contribution in [2.24, 2.45) is 20.5 Å². The second-order valence-corrected chi connectivity index (χ2v) is 15.4. The summed E-state index contributed by atoms with van der Waals surface area (Å²) < 4.78 is 0. The van der Waals surface area contributed by atoms with E-state index >= 15 is 0 Å². The van der Waals surface area contributed by atoms with Crippen LogP contribution in [-0.4, -0.2) is 47.3 Å². The predicted molar refractivity (Wildman–Crippen MR) is 242 cm³/mol. The summed E-state index contributed by atoms with van der Waals surface area (Å²) in [5, 5.41) is 26.0. The van der Waals surface area contributed by atoms with E-state index in [1.54, 1.807) is 48.5 Å². The fourth-order valence-corrected chi connectivity index (χ4v) is 6.56. The van der Waals surface area contributed by atoms with E-state index in [2.05, 4.69) is 41.7 Å². The number of nitrogens with one attached hydrogen (secondary N) is 4. The highest BCUT2D eigenvalue weighted by Crippen LogP contribution is 2.37. The first kappa shape index (κ1) is 47.3. The van der Waals surface area contributed by atoms with Gasteiger partial charge in [0, 0.05) is 44.3 Å². The first-order chi connectivity index (χ1) is 29.5. The number of ketones is 2. The van der Waals surface area contributed by atoms with E-state index in [0.717, 1.165) is 25.0 Å². The molecule has 0 saturated heterocycles. The number of nitrogens with zero attached hydrogens (tertiary/aromatic N) is 4. The maximum Gasteiger partial charge on any atom is 0.258 e. The number of carbonyl (C=O) groups is 6. The van der Waals surface area contributed by atoms with Crippen LogP contribution in [0.4, 0.5) is 34.1 Å². The van der Waals surface area contributed by atoms with Crippen molar-refractivity contribution in [1.29, 1.82) is 0 Å². The fourth-order valence-electron chi connectivity index (χ4n) is 5.32. The minimum atomic E-state index is -1.67. The lowest BCUT2D eigenvalue weighted by Gasteiger charge is -2.15. The third-order valence-corrected chi connectivity index (χ3v) is 10.4. The molecule has 0 aliphatic rings. The minimum absolute atomic E-state index is 0.0576. The highest BCUT2D eigenvalue weighted by molar-refractivity contribution is 6.46. The smallest absolute Gasteiger partial charge is 0.258 e. The average molecular weight is 957 g/mol. The molecule has 4 N–H and O–H groups in total. The Morgan fingerprint density at radius 3 is 1.18 bits per heavy atom. The van der Waals surface area contributed by atoms with Gasteiger partial charge in [0.25, 0.3) is 23.6 Å².